The molecule has 1 aromatic heterocycles. The van der Waals surface area contributed by atoms with E-state index in [1.807, 2.05) is 39.2 Å². The van der Waals surface area contributed by atoms with Gasteiger partial charge in [-0.3, -0.25) is 14.6 Å². The number of aryl methyl sites for hydroxylation is 2. The van der Waals surface area contributed by atoms with Gasteiger partial charge >= 0.3 is 0 Å². The summed E-state index contributed by atoms with van der Waals surface area (Å²) in [5.41, 5.74) is 3.78. The number of nitrogens with one attached hydrogen (secondary N) is 1. The van der Waals surface area contributed by atoms with Gasteiger partial charge in [-0.15, -0.1) is 0 Å². The van der Waals surface area contributed by atoms with E-state index in [9.17, 15) is 13.2 Å². The maximum atomic E-state index is 13.7. The summed E-state index contributed by atoms with van der Waals surface area (Å²) in [5.74, 6) is 1.08. The van der Waals surface area contributed by atoms with Crippen LogP contribution in [0.25, 0.3) is 0 Å². The number of carbonyl (C=O) groups excluding carboxylic acids is 1. The van der Waals surface area contributed by atoms with Crippen LogP contribution in [0.15, 0.2) is 59.2 Å². The molecule has 2 aromatic carbocycles. The number of amides is 1. The van der Waals surface area contributed by atoms with Gasteiger partial charge in [-0.1, -0.05) is 36.7 Å². The molecule has 1 saturated carbocycles. The number of methoxy groups -OCH3 is 1. The lowest BCUT2D eigenvalue weighted by Gasteiger charge is -2.52. The van der Waals surface area contributed by atoms with E-state index in [1.165, 1.54) is 11.1 Å². The molecule has 11 nitrogen and oxygen atoms in total. The molecule has 3 aromatic rings. The van der Waals surface area contributed by atoms with E-state index in [2.05, 4.69) is 48.7 Å². The van der Waals surface area contributed by atoms with Crippen molar-refractivity contribution >= 4 is 33.2 Å². The number of nitrogens with zero attached hydrogens (tertiary/aromatic N) is 4. The number of fused-ring (bicyclic) bond motifs is 4. The molecule has 0 unspecified atom stereocenters. The van der Waals surface area contributed by atoms with E-state index in [0.29, 0.717) is 42.7 Å². The van der Waals surface area contributed by atoms with Crippen molar-refractivity contribution < 1.29 is 27.1 Å². The number of rotatable bonds is 5. The van der Waals surface area contributed by atoms with Crippen molar-refractivity contribution in [1.82, 2.24) is 19.5 Å². The zero-order valence-electron chi connectivity index (χ0n) is 33.1. The average molecular weight is 806 g/mol. The topological polar surface area (TPSA) is 117 Å². The number of oxazole rings is 1. The van der Waals surface area contributed by atoms with Crippen molar-refractivity contribution in [3.8, 4) is 5.75 Å². The Hall–Kier alpha value is -3.42. The first-order valence-corrected chi connectivity index (χ1v) is 22.2. The summed E-state index contributed by atoms with van der Waals surface area (Å²) in [5, 5.41) is -0.0509. The third kappa shape index (κ3) is 7.76. The first kappa shape index (κ1) is 39.4. The quantitative estimate of drug-likeness (QED) is 0.291. The molecule has 302 valence electrons. The molecule has 5 aliphatic rings. The van der Waals surface area contributed by atoms with Gasteiger partial charge < -0.3 is 18.8 Å². The van der Waals surface area contributed by atoms with Gasteiger partial charge in [0.05, 0.1) is 23.2 Å². The average Bonchev–Trinajstić information content (AvgIpc) is 3.51. The minimum absolute atomic E-state index is 0.233. The number of carbonyl (C=O) groups is 1. The minimum Gasteiger partial charge on any atom is -0.490 e. The lowest BCUT2D eigenvalue weighted by Crippen LogP contribution is -2.59. The Labute approximate surface area is 336 Å². The van der Waals surface area contributed by atoms with Gasteiger partial charge in [-0.05, 0) is 105 Å². The summed E-state index contributed by atoms with van der Waals surface area (Å²) in [7, 11) is -2.13. The van der Waals surface area contributed by atoms with Gasteiger partial charge in [0.15, 0.2) is 5.89 Å². The Morgan fingerprint density at radius 3 is 2.61 bits per heavy atom. The summed E-state index contributed by atoms with van der Waals surface area (Å²) in [6, 6.07) is 11.6. The molecular weight excluding hydrogens is 750 g/mol. The van der Waals surface area contributed by atoms with Crippen molar-refractivity contribution in [2.24, 2.45) is 17.8 Å². The highest BCUT2D eigenvalue weighted by molar-refractivity contribution is 7.90. The second-order valence-corrected chi connectivity index (χ2v) is 19.6. The number of benzene rings is 2. The molecule has 1 N–H and O–H groups in total. The van der Waals surface area contributed by atoms with Crippen LogP contribution in [0.2, 0.25) is 5.02 Å². The number of piperazine rings is 1. The monoisotopic (exact) mass is 805 g/mol. The molecular formula is C43H56ClN5O6S. The normalized spacial score (nSPS) is 31.7. The van der Waals surface area contributed by atoms with Crippen LogP contribution >= 0.6 is 11.6 Å². The summed E-state index contributed by atoms with van der Waals surface area (Å²) in [6.07, 6.45) is 11.7. The fraction of sp³-hybridized carbons (Fsp3) is 0.581. The molecule has 1 saturated heterocycles. The van der Waals surface area contributed by atoms with Crippen molar-refractivity contribution in [2.45, 2.75) is 82.1 Å². The zero-order chi connectivity index (χ0) is 39.2. The summed E-state index contributed by atoms with van der Waals surface area (Å²) in [6.45, 7) is 12.6. The lowest BCUT2D eigenvalue weighted by atomic mass is 9.63. The molecule has 3 aliphatic heterocycles. The van der Waals surface area contributed by atoms with E-state index in [0.717, 1.165) is 94.3 Å². The van der Waals surface area contributed by atoms with Crippen LogP contribution in [0.5, 0.6) is 5.75 Å². The SMILES string of the molecule is CO[C@@]1(CN2CCN(Cc3coc(C)n3)CC2)/C=C/C[C@H](C)[C@@H](C)S(=O)(=O)NC(=O)c2ccc3c(c2)N(C[C@@H]2CC[C@H]21)C[C@@]1(CCCc2cc(Cl)ccc21)CO3. The van der Waals surface area contributed by atoms with E-state index in [1.54, 1.807) is 19.3 Å². The molecule has 1 spiro atoms. The second-order valence-electron chi connectivity index (χ2n) is 17.1. The van der Waals surface area contributed by atoms with Crippen molar-refractivity contribution in [1.29, 1.82) is 0 Å². The number of hydrogen-bond acceptors (Lipinski definition) is 10. The molecule has 0 radical (unpaired) electrons. The van der Waals surface area contributed by atoms with Crippen molar-refractivity contribution in [3.63, 3.8) is 0 Å². The molecule has 2 fully saturated rings. The first-order chi connectivity index (χ1) is 26.9. The highest BCUT2D eigenvalue weighted by atomic mass is 35.5. The lowest BCUT2D eigenvalue weighted by molar-refractivity contribution is -0.0956. The molecule has 1 amide bonds. The predicted octanol–water partition coefficient (Wildman–Crippen LogP) is 6.38. The van der Waals surface area contributed by atoms with Gasteiger partial charge in [-0.2, -0.15) is 0 Å². The number of sulfonamides is 1. The van der Waals surface area contributed by atoms with Crippen molar-refractivity contribution in [2.75, 3.05) is 64.4 Å². The predicted molar refractivity (Wildman–Crippen MR) is 218 cm³/mol. The Bertz CT molecular complexity index is 2070. The van der Waals surface area contributed by atoms with E-state index >= 15 is 0 Å². The molecule has 13 heteroatoms. The Balaban J connectivity index is 1.14. The molecule has 6 atom stereocenters. The molecule has 2 aliphatic carbocycles. The van der Waals surface area contributed by atoms with Crippen LogP contribution < -0.4 is 14.4 Å². The van der Waals surface area contributed by atoms with Gasteiger partial charge in [0.25, 0.3) is 5.91 Å². The standard InChI is InChI=1S/C43H56ClN5O6S/c1-29-7-5-16-43(53-4,27-48-19-17-47(18-20-48)24-36-25-54-31(3)45-36)38-12-9-34(38)23-49-26-42(15-6-8-32-21-35(44)11-13-37(32)42)28-55-40-14-10-33(22-39(40)49)41(50)46-56(51,52)30(29)2/h5,10-11,13-14,16,21-22,25,29-30,34,38H,6-9,12,15,17-20,23-24,26-28H2,1-4H3,(H,46,50)/b16-5+/t29-,30+,34-,38+,42-,43+/m0/s1. The largest absolute Gasteiger partial charge is 0.490 e. The van der Waals surface area contributed by atoms with E-state index in [4.69, 9.17) is 25.5 Å². The number of halogens is 1. The Morgan fingerprint density at radius 2 is 1.88 bits per heavy atom. The second kappa shape index (κ2) is 15.7. The van der Waals surface area contributed by atoms with E-state index < -0.39 is 26.8 Å². The fourth-order valence-electron chi connectivity index (χ4n) is 9.97. The van der Waals surface area contributed by atoms with Crippen LogP contribution in [0, 0.1) is 24.7 Å². The molecule has 2 bridgehead atoms. The summed E-state index contributed by atoms with van der Waals surface area (Å²) in [4.78, 5) is 25.6. The van der Waals surface area contributed by atoms with Crippen LogP contribution in [0.1, 0.15) is 79.0 Å². The number of allylic oxidation sites excluding steroid dienone is 1. The van der Waals surface area contributed by atoms with E-state index in [-0.39, 0.29) is 17.3 Å². The summed E-state index contributed by atoms with van der Waals surface area (Å²) >= 11 is 6.51. The number of hydrogen-bond donors (Lipinski definition) is 1. The number of anilines is 1. The molecule has 8 rings (SSSR count). The molecule has 56 heavy (non-hydrogen) atoms. The molecule has 4 heterocycles. The third-order valence-corrected chi connectivity index (χ3v) is 15.7. The summed E-state index contributed by atoms with van der Waals surface area (Å²) < 4.78 is 48.6. The highest BCUT2D eigenvalue weighted by Crippen LogP contribution is 2.49. The third-order valence-electron chi connectivity index (χ3n) is 13.6. The van der Waals surface area contributed by atoms with Crippen LogP contribution in [-0.4, -0.2) is 99.5 Å². The maximum Gasteiger partial charge on any atom is 0.264 e. The van der Waals surface area contributed by atoms with Crippen LogP contribution in [-0.2, 0) is 33.1 Å². The zero-order valence-corrected chi connectivity index (χ0v) is 34.7. The maximum absolute atomic E-state index is 13.7. The smallest absolute Gasteiger partial charge is 0.264 e. The fourth-order valence-corrected chi connectivity index (χ4v) is 11.5. The Kier molecular flexibility index (Phi) is 11.1. The number of aromatic nitrogens is 1. The Morgan fingerprint density at radius 1 is 1.07 bits per heavy atom. The first-order valence-electron chi connectivity index (χ1n) is 20.3. The van der Waals surface area contributed by atoms with Gasteiger partial charge in [0.2, 0.25) is 10.0 Å². The van der Waals surface area contributed by atoms with Gasteiger partial charge in [0, 0.05) is 82.4 Å². The van der Waals surface area contributed by atoms with Gasteiger partial charge in [0.1, 0.15) is 17.6 Å². The van der Waals surface area contributed by atoms with Crippen LogP contribution in [0.4, 0.5) is 5.69 Å². The van der Waals surface area contributed by atoms with Crippen LogP contribution in [0.3, 0.4) is 0 Å². The van der Waals surface area contributed by atoms with Gasteiger partial charge in [-0.25, -0.2) is 18.1 Å². The highest BCUT2D eigenvalue weighted by Gasteiger charge is 2.50. The van der Waals surface area contributed by atoms with Crippen molar-refractivity contribution in [3.05, 3.63) is 88.1 Å². The minimum atomic E-state index is -3.97. The number of ether oxygens (including phenoxy) is 2.